The third-order valence-corrected chi connectivity index (χ3v) is 5.13. The Hall–Kier alpha value is -1.29. The first-order chi connectivity index (χ1) is 20.3. The Balaban J connectivity index is 1.64. The Kier molecular flexibility index (Phi) is 29.1. The SMILES string of the molecule is Nc1ccccc1OCCOCCOCCOCCOCCOCCOCCOCCOCCOCCOCCCl. The first-order valence-electron chi connectivity index (χ1n) is 14.1. The molecule has 0 unspecified atom stereocenters. The van der Waals surface area contributed by atoms with Crippen LogP contribution < -0.4 is 10.5 Å². The summed E-state index contributed by atoms with van der Waals surface area (Å²) in [5.41, 5.74) is 6.43. The highest BCUT2D eigenvalue weighted by atomic mass is 35.5. The number of halogens is 1. The van der Waals surface area contributed by atoms with Crippen LogP contribution in [0, 0.1) is 0 Å². The van der Waals surface area contributed by atoms with E-state index in [9.17, 15) is 0 Å². The summed E-state index contributed by atoms with van der Waals surface area (Å²) in [4.78, 5) is 0. The van der Waals surface area contributed by atoms with Crippen LogP contribution in [0.3, 0.4) is 0 Å². The Bertz CT molecular complexity index is 663. The van der Waals surface area contributed by atoms with Gasteiger partial charge in [-0.25, -0.2) is 0 Å². The number of benzene rings is 1. The van der Waals surface area contributed by atoms with Gasteiger partial charge in [-0.05, 0) is 12.1 Å². The van der Waals surface area contributed by atoms with Gasteiger partial charge in [-0.2, -0.15) is 0 Å². The molecule has 0 aromatic heterocycles. The highest BCUT2D eigenvalue weighted by Crippen LogP contribution is 2.19. The molecule has 0 saturated heterocycles. The van der Waals surface area contributed by atoms with E-state index in [1.807, 2.05) is 18.2 Å². The second-order valence-electron chi connectivity index (χ2n) is 8.20. The maximum Gasteiger partial charge on any atom is 0.142 e. The smallest absolute Gasteiger partial charge is 0.142 e. The lowest BCUT2D eigenvalue weighted by Gasteiger charge is -2.09. The van der Waals surface area contributed by atoms with E-state index in [-0.39, 0.29) is 0 Å². The van der Waals surface area contributed by atoms with Crippen molar-refractivity contribution in [2.45, 2.75) is 0 Å². The average Bonchev–Trinajstić information content (AvgIpc) is 2.98. The highest BCUT2D eigenvalue weighted by Gasteiger charge is 1.99. The molecular formula is C28H50ClNO11. The van der Waals surface area contributed by atoms with Gasteiger partial charge in [0.2, 0.25) is 0 Å². The zero-order valence-corrected chi connectivity index (χ0v) is 25.1. The maximum atomic E-state index is 5.81. The molecule has 0 bridgehead atoms. The van der Waals surface area contributed by atoms with E-state index in [1.165, 1.54) is 0 Å². The van der Waals surface area contributed by atoms with Gasteiger partial charge in [0.05, 0.1) is 138 Å². The van der Waals surface area contributed by atoms with Crippen molar-refractivity contribution >= 4 is 17.3 Å². The molecule has 12 nitrogen and oxygen atoms in total. The Morgan fingerprint density at radius 2 is 0.659 bits per heavy atom. The number of para-hydroxylation sites is 2. The van der Waals surface area contributed by atoms with Gasteiger partial charge in [0.1, 0.15) is 12.4 Å². The number of ether oxygens (including phenoxy) is 11. The normalized spacial score (nSPS) is 11.3. The lowest BCUT2D eigenvalue weighted by molar-refractivity contribution is -0.0265. The molecule has 0 radical (unpaired) electrons. The fourth-order valence-electron chi connectivity index (χ4n) is 2.96. The van der Waals surface area contributed by atoms with Crippen LogP contribution in [-0.2, 0) is 47.4 Å². The largest absolute Gasteiger partial charge is 0.489 e. The molecule has 0 amide bonds. The summed E-state index contributed by atoms with van der Waals surface area (Å²) in [6, 6.07) is 7.38. The Morgan fingerprint density at radius 1 is 0.390 bits per heavy atom. The van der Waals surface area contributed by atoms with Crippen molar-refractivity contribution in [2.75, 3.05) is 150 Å². The zero-order valence-electron chi connectivity index (χ0n) is 24.3. The number of anilines is 1. The monoisotopic (exact) mass is 611 g/mol. The maximum absolute atomic E-state index is 5.81. The summed E-state index contributed by atoms with van der Waals surface area (Å²) in [5.74, 6) is 1.17. The number of hydrogen-bond donors (Lipinski definition) is 1. The number of hydrogen-bond acceptors (Lipinski definition) is 12. The highest BCUT2D eigenvalue weighted by molar-refractivity contribution is 6.17. The van der Waals surface area contributed by atoms with Crippen molar-refractivity contribution in [1.29, 1.82) is 0 Å². The van der Waals surface area contributed by atoms with Gasteiger partial charge in [0.15, 0.2) is 0 Å². The van der Waals surface area contributed by atoms with Crippen molar-refractivity contribution in [3.05, 3.63) is 24.3 Å². The van der Waals surface area contributed by atoms with Crippen molar-refractivity contribution in [2.24, 2.45) is 0 Å². The lowest BCUT2D eigenvalue weighted by atomic mass is 10.3. The van der Waals surface area contributed by atoms with Crippen LogP contribution in [0.25, 0.3) is 0 Å². The van der Waals surface area contributed by atoms with E-state index in [1.54, 1.807) is 6.07 Å². The van der Waals surface area contributed by atoms with E-state index < -0.39 is 0 Å². The number of nitrogen functional groups attached to an aromatic ring is 1. The molecule has 240 valence electrons. The molecule has 0 spiro atoms. The summed E-state index contributed by atoms with van der Waals surface area (Å²) < 4.78 is 59.7. The van der Waals surface area contributed by atoms with Crippen molar-refractivity contribution in [3.63, 3.8) is 0 Å². The third-order valence-electron chi connectivity index (χ3n) is 4.97. The molecule has 0 heterocycles. The second kappa shape index (κ2) is 31.6. The van der Waals surface area contributed by atoms with Crippen molar-refractivity contribution < 1.29 is 52.1 Å². The van der Waals surface area contributed by atoms with Gasteiger partial charge < -0.3 is 57.8 Å². The molecule has 0 fully saturated rings. The van der Waals surface area contributed by atoms with Crippen molar-refractivity contribution in [3.8, 4) is 5.75 Å². The molecule has 0 saturated carbocycles. The molecule has 0 aliphatic carbocycles. The molecular weight excluding hydrogens is 562 g/mol. The van der Waals surface area contributed by atoms with Crippen LogP contribution in [-0.4, -0.2) is 145 Å². The lowest BCUT2D eigenvalue weighted by Crippen LogP contribution is -2.15. The van der Waals surface area contributed by atoms with Gasteiger partial charge >= 0.3 is 0 Å². The minimum absolute atomic E-state index is 0.439. The average molecular weight is 612 g/mol. The van der Waals surface area contributed by atoms with Gasteiger partial charge in [-0.3, -0.25) is 0 Å². The molecule has 0 aliphatic rings. The molecule has 0 aliphatic heterocycles. The number of alkyl halides is 1. The van der Waals surface area contributed by atoms with E-state index in [2.05, 4.69) is 0 Å². The van der Waals surface area contributed by atoms with Crippen LogP contribution in [0.15, 0.2) is 24.3 Å². The van der Waals surface area contributed by atoms with E-state index in [4.69, 9.17) is 69.4 Å². The van der Waals surface area contributed by atoms with Crippen LogP contribution in [0.5, 0.6) is 5.75 Å². The Labute approximate surface area is 249 Å². The van der Waals surface area contributed by atoms with Gasteiger partial charge in [-0.15, -0.1) is 11.6 Å². The molecule has 1 aromatic carbocycles. The zero-order chi connectivity index (χ0) is 29.3. The van der Waals surface area contributed by atoms with Crippen LogP contribution in [0.1, 0.15) is 0 Å². The molecule has 2 N–H and O–H groups in total. The molecule has 1 rings (SSSR count). The first-order valence-corrected chi connectivity index (χ1v) is 14.7. The quantitative estimate of drug-likeness (QED) is 0.0710. The van der Waals surface area contributed by atoms with Crippen LogP contribution in [0.2, 0.25) is 0 Å². The molecule has 13 heteroatoms. The van der Waals surface area contributed by atoms with Gasteiger partial charge in [0, 0.05) is 5.88 Å². The fourth-order valence-corrected chi connectivity index (χ4v) is 3.07. The first kappa shape index (κ1) is 37.7. The summed E-state index contributed by atoms with van der Waals surface area (Å²) in [5, 5.41) is 0. The summed E-state index contributed by atoms with van der Waals surface area (Å²) in [6.07, 6.45) is 0. The molecule has 1 aromatic rings. The van der Waals surface area contributed by atoms with E-state index in [0.29, 0.717) is 156 Å². The fraction of sp³-hybridized carbons (Fsp3) is 0.786. The summed E-state index contributed by atoms with van der Waals surface area (Å²) in [6.45, 7) is 10.7. The van der Waals surface area contributed by atoms with Crippen molar-refractivity contribution in [1.82, 2.24) is 0 Å². The number of nitrogens with two attached hydrogens (primary N) is 1. The molecule has 0 atom stereocenters. The van der Waals surface area contributed by atoms with Gasteiger partial charge in [0.25, 0.3) is 0 Å². The summed E-state index contributed by atoms with van der Waals surface area (Å²) >= 11 is 5.50. The second-order valence-corrected chi connectivity index (χ2v) is 8.58. The third kappa shape index (κ3) is 27.3. The van der Waals surface area contributed by atoms with Crippen LogP contribution in [0.4, 0.5) is 5.69 Å². The van der Waals surface area contributed by atoms with Gasteiger partial charge in [-0.1, -0.05) is 12.1 Å². The number of rotatable bonds is 33. The predicted molar refractivity (Wildman–Crippen MR) is 155 cm³/mol. The standard InChI is InChI=1S/C28H50ClNO11/c29-5-6-31-7-8-32-9-10-33-11-12-34-13-14-35-15-16-36-17-18-37-19-20-38-21-22-39-23-24-40-25-26-41-28-4-2-1-3-27(28)30/h1-4H,5-26,30H2. The van der Waals surface area contributed by atoms with E-state index in [0.717, 1.165) is 0 Å². The minimum atomic E-state index is 0.439. The summed E-state index contributed by atoms with van der Waals surface area (Å²) in [7, 11) is 0. The van der Waals surface area contributed by atoms with E-state index >= 15 is 0 Å². The predicted octanol–water partition coefficient (Wildman–Crippen LogP) is 2.05. The topological polar surface area (TPSA) is 128 Å². The molecule has 41 heavy (non-hydrogen) atoms. The van der Waals surface area contributed by atoms with Crippen LogP contribution >= 0.6 is 11.6 Å². The minimum Gasteiger partial charge on any atom is -0.489 e. The Morgan fingerprint density at radius 3 is 0.951 bits per heavy atom.